The summed E-state index contributed by atoms with van der Waals surface area (Å²) in [6.45, 7) is 2.12. The zero-order chi connectivity index (χ0) is 13.5. The third-order valence-electron chi connectivity index (χ3n) is 3.75. The van der Waals surface area contributed by atoms with E-state index in [1.165, 1.54) is 22.1 Å². The highest BCUT2D eigenvalue weighted by molar-refractivity contribution is 5.96. The molecule has 0 spiro atoms. The number of aromatic nitrogens is 3. The van der Waals surface area contributed by atoms with Crippen LogP contribution in [-0.4, -0.2) is 15.2 Å². The van der Waals surface area contributed by atoms with Crippen LogP contribution in [0.4, 0.5) is 0 Å². The van der Waals surface area contributed by atoms with Crippen LogP contribution in [0, 0.1) is 6.92 Å². The van der Waals surface area contributed by atoms with E-state index < -0.39 is 0 Å². The van der Waals surface area contributed by atoms with Crippen molar-refractivity contribution in [2.24, 2.45) is 0 Å². The van der Waals surface area contributed by atoms with Crippen molar-refractivity contribution in [1.82, 2.24) is 15.2 Å². The minimum absolute atomic E-state index is 1.03. The van der Waals surface area contributed by atoms with E-state index in [9.17, 15) is 0 Å². The SMILES string of the molecule is Cc1ccnc2ccc(-c3cccc4cn[nH]c34)cc12. The maximum absolute atomic E-state index is 4.41. The van der Waals surface area contributed by atoms with Gasteiger partial charge in [0, 0.05) is 22.5 Å². The Bertz CT molecular complexity index is 922. The maximum Gasteiger partial charge on any atom is 0.0728 e. The van der Waals surface area contributed by atoms with E-state index in [4.69, 9.17) is 0 Å². The molecule has 2 aromatic carbocycles. The number of nitrogens with one attached hydrogen (secondary N) is 1. The summed E-state index contributed by atoms with van der Waals surface area (Å²) in [5.74, 6) is 0. The molecule has 0 radical (unpaired) electrons. The first-order valence-electron chi connectivity index (χ1n) is 6.61. The molecule has 0 fully saturated rings. The lowest BCUT2D eigenvalue weighted by molar-refractivity contribution is 1.12. The second-order valence-electron chi connectivity index (χ2n) is 5.00. The Hall–Kier alpha value is -2.68. The highest BCUT2D eigenvalue weighted by Gasteiger charge is 2.07. The number of hydrogen-bond acceptors (Lipinski definition) is 2. The molecule has 0 aliphatic heterocycles. The third kappa shape index (κ3) is 1.60. The minimum atomic E-state index is 1.03. The van der Waals surface area contributed by atoms with E-state index in [-0.39, 0.29) is 0 Å². The summed E-state index contributed by atoms with van der Waals surface area (Å²) in [6, 6.07) is 14.7. The summed E-state index contributed by atoms with van der Waals surface area (Å²) in [7, 11) is 0. The van der Waals surface area contributed by atoms with Gasteiger partial charge in [-0.3, -0.25) is 10.1 Å². The number of rotatable bonds is 1. The molecule has 4 rings (SSSR count). The fourth-order valence-corrected chi connectivity index (χ4v) is 2.66. The smallest absolute Gasteiger partial charge is 0.0728 e. The number of fused-ring (bicyclic) bond motifs is 2. The molecule has 0 aliphatic rings. The van der Waals surface area contributed by atoms with Crippen LogP contribution in [0.15, 0.2) is 54.9 Å². The molecule has 3 nitrogen and oxygen atoms in total. The van der Waals surface area contributed by atoms with Gasteiger partial charge in [0.05, 0.1) is 17.2 Å². The molecule has 2 aromatic heterocycles. The lowest BCUT2D eigenvalue weighted by Gasteiger charge is -2.06. The van der Waals surface area contributed by atoms with Crippen molar-refractivity contribution in [2.75, 3.05) is 0 Å². The fraction of sp³-hybridized carbons (Fsp3) is 0.0588. The van der Waals surface area contributed by atoms with Crippen molar-refractivity contribution < 1.29 is 0 Å². The van der Waals surface area contributed by atoms with Crippen LogP contribution < -0.4 is 0 Å². The van der Waals surface area contributed by atoms with Crippen molar-refractivity contribution in [3.8, 4) is 11.1 Å². The lowest BCUT2D eigenvalue weighted by Crippen LogP contribution is -1.85. The van der Waals surface area contributed by atoms with Gasteiger partial charge in [0.2, 0.25) is 0 Å². The van der Waals surface area contributed by atoms with Gasteiger partial charge >= 0.3 is 0 Å². The van der Waals surface area contributed by atoms with Crippen molar-refractivity contribution in [3.63, 3.8) is 0 Å². The monoisotopic (exact) mass is 259 g/mol. The fourth-order valence-electron chi connectivity index (χ4n) is 2.66. The number of pyridine rings is 1. The molecule has 3 heteroatoms. The molecular formula is C17H13N3. The summed E-state index contributed by atoms with van der Waals surface area (Å²) < 4.78 is 0. The van der Waals surface area contributed by atoms with E-state index in [1.54, 1.807) is 0 Å². The van der Waals surface area contributed by atoms with Crippen molar-refractivity contribution in [1.29, 1.82) is 0 Å². The lowest BCUT2D eigenvalue weighted by atomic mass is 10.00. The van der Waals surface area contributed by atoms with E-state index in [0.717, 1.165) is 16.4 Å². The van der Waals surface area contributed by atoms with Crippen LogP contribution in [0.1, 0.15) is 5.56 Å². The Morgan fingerprint density at radius 2 is 2.00 bits per heavy atom. The molecule has 0 amide bonds. The normalized spacial score (nSPS) is 11.2. The number of benzene rings is 2. The summed E-state index contributed by atoms with van der Waals surface area (Å²) in [5, 5.41) is 9.54. The minimum Gasteiger partial charge on any atom is -0.277 e. The average Bonchev–Trinajstić information content (AvgIpc) is 2.96. The van der Waals surface area contributed by atoms with Crippen molar-refractivity contribution in [3.05, 3.63) is 60.4 Å². The van der Waals surface area contributed by atoms with Gasteiger partial charge in [0.15, 0.2) is 0 Å². The first-order valence-corrected chi connectivity index (χ1v) is 6.61. The van der Waals surface area contributed by atoms with Gasteiger partial charge in [0.1, 0.15) is 0 Å². The van der Waals surface area contributed by atoms with Crippen LogP contribution >= 0.6 is 0 Å². The first-order chi connectivity index (χ1) is 9.83. The second kappa shape index (κ2) is 4.17. The Kier molecular flexibility index (Phi) is 2.33. The molecule has 1 N–H and O–H groups in total. The number of hydrogen-bond donors (Lipinski definition) is 1. The molecule has 0 atom stereocenters. The molecule has 2 heterocycles. The maximum atomic E-state index is 4.41. The number of nitrogens with zero attached hydrogens (tertiary/aromatic N) is 2. The summed E-state index contributed by atoms with van der Waals surface area (Å²) >= 11 is 0. The highest BCUT2D eigenvalue weighted by Crippen LogP contribution is 2.29. The summed E-state index contributed by atoms with van der Waals surface area (Å²) in [4.78, 5) is 4.41. The molecule has 0 unspecified atom stereocenters. The zero-order valence-corrected chi connectivity index (χ0v) is 11.1. The first kappa shape index (κ1) is 11.2. The quantitative estimate of drug-likeness (QED) is 0.559. The van der Waals surface area contributed by atoms with Gasteiger partial charge in [0.25, 0.3) is 0 Å². The molecule has 0 saturated heterocycles. The predicted molar refractivity (Wildman–Crippen MR) is 81.6 cm³/mol. The van der Waals surface area contributed by atoms with Crippen molar-refractivity contribution >= 4 is 21.8 Å². The van der Waals surface area contributed by atoms with Crippen LogP contribution in [-0.2, 0) is 0 Å². The number of aryl methyl sites for hydroxylation is 1. The Morgan fingerprint density at radius 1 is 1.05 bits per heavy atom. The molecule has 96 valence electrons. The number of H-pyrrole nitrogens is 1. The van der Waals surface area contributed by atoms with Gasteiger partial charge in [-0.15, -0.1) is 0 Å². The highest BCUT2D eigenvalue weighted by atomic mass is 15.1. The summed E-state index contributed by atoms with van der Waals surface area (Å²) in [6.07, 6.45) is 3.71. The van der Waals surface area contributed by atoms with E-state index >= 15 is 0 Å². The summed E-state index contributed by atoms with van der Waals surface area (Å²) in [5.41, 5.74) is 5.71. The van der Waals surface area contributed by atoms with Gasteiger partial charge in [-0.1, -0.05) is 24.3 Å². The van der Waals surface area contributed by atoms with Crippen LogP contribution in [0.3, 0.4) is 0 Å². The van der Waals surface area contributed by atoms with Crippen LogP contribution in [0.25, 0.3) is 32.9 Å². The van der Waals surface area contributed by atoms with Gasteiger partial charge in [-0.2, -0.15) is 5.10 Å². The Morgan fingerprint density at radius 3 is 2.95 bits per heavy atom. The molecule has 4 aromatic rings. The van der Waals surface area contributed by atoms with Gasteiger partial charge in [-0.05, 0) is 36.2 Å². The molecule has 0 aliphatic carbocycles. The van der Waals surface area contributed by atoms with Crippen LogP contribution in [0.5, 0.6) is 0 Å². The molecule has 20 heavy (non-hydrogen) atoms. The molecule has 0 bridgehead atoms. The second-order valence-corrected chi connectivity index (χ2v) is 5.00. The van der Waals surface area contributed by atoms with Gasteiger partial charge < -0.3 is 0 Å². The topological polar surface area (TPSA) is 41.6 Å². The third-order valence-corrected chi connectivity index (χ3v) is 3.75. The van der Waals surface area contributed by atoms with E-state index in [0.29, 0.717) is 0 Å². The van der Waals surface area contributed by atoms with E-state index in [2.05, 4.69) is 58.5 Å². The molecular weight excluding hydrogens is 246 g/mol. The Labute approximate surface area is 116 Å². The Balaban J connectivity index is 2.03. The number of aromatic amines is 1. The largest absolute Gasteiger partial charge is 0.277 e. The number of para-hydroxylation sites is 1. The van der Waals surface area contributed by atoms with Gasteiger partial charge in [-0.25, -0.2) is 0 Å². The van der Waals surface area contributed by atoms with E-state index in [1.807, 2.05) is 18.5 Å². The van der Waals surface area contributed by atoms with Crippen LogP contribution in [0.2, 0.25) is 0 Å². The average molecular weight is 259 g/mol. The standard InChI is InChI=1S/C17H13N3/c1-11-7-8-18-16-6-5-12(9-15(11)16)14-4-2-3-13-10-19-20-17(13)14/h2-10H,1H3,(H,19,20). The molecule has 0 saturated carbocycles. The zero-order valence-electron chi connectivity index (χ0n) is 11.1. The van der Waals surface area contributed by atoms with Crippen molar-refractivity contribution in [2.45, 2.75) is 6.92 Å². The predicted octanol–water partition coefficient (Wildman–Crippen LogP) is 4.09.